The molecule has 0 fully saturated rings. The highest BCUT2D eigenvalue weighted by molar-refractivity contribution is 6.31. The minimum Gasteiger partial charge on any atom is -0.395 e. The van der Waals surface area contributed by atoms with E-state index in [1.54, 1.807) is 6.07 Å². The molecule has 1 aromatic rings. The van der Waals surface area contributed by atoms with Crippen LogP contribution in [-0.4, -0.2) is 22.7 Å². The molecular formula is C10H13ClN2O3. The van der Waals surface area contributed by atoms with Gasteiger partial charge >= 0.3 is 0 Å². The average molecular weight is 245 g/mol. The van der Waals surface area contributed by atoms with Crippen LogP contribution < -0.4 is 5.32 Å². The van der Waals surface area contributed by atoms with Gasteiger partial charge in [-0.05, 0) is 18.6 Å². The molecule has 0 radical (unpaired) electrons. The van der Waals surface area contributed by atoms with Crippen molar-refractivity contribution in [2.24, 2.45) is 0 Å². The summed E-state index contributed by atoms with van der Waals surface area (Å²) < 4.78 is 0. The predicted octanol–water partition coefficient (Wildman–Crippen LogP) is 1.72. The van der Waals surface area contributed by atoms with Crippen LogP contribution in [0, 0.1) is 10.1 Å². The van der Waals surface area contributed by atoms with Crippen molar-refractivity contribution in [2.75, 3.05) is 6.61 Å². The first-order valence-corrected chi connectivity index (χ1v) is 5.19. The molecule has 2 N–H and O–H groups in total. The monoisotopic (exact) mass is 244 g/mol. The molecule has 88 valence electrons. The summed E-state index contributed by atoms with van der Waals surface area (Å²) in [5.41, 5.74) is 0.747. The third kappa shape index (κ3) is 3.44. The largest absolute Gasteiger partial charge is 0.395 e. The highest BCUT2D eigenvalue weighted by Crippen LogP contribution is 2.22. The molecule has 0 saturated carbocycles. The topological polar surface area (TPSA) is 75.4 Å². The van der Waals surface area contributed by atoms with Crippen LogP contribution in [0.15, 0.2) is 18.2 Å². The summed E-state index contributed by atoms with van der Waals surface area (Å²) in [6.07, 6.45) is 0. The molecule has 0 spiro atoms. The van der Waals surface area contributed by atoms with Gasteiger partial charge < -0.3 is 10.4 Å². The van der Waals surface area contributed by atoms with Crippen molar-refractivity contribution in [1.29, 1.82) is 0 Å². The Morgan fingerprint density at radius 1 is 1.62 bits per heavy atom. The Labute approximate surface area is 98.2 Å². The highest BCUT2D eigenvalue weighted by atomic mass is 35.5. The van der Waals surface area contributed by atoms with Gasteiger partial charge in [0.25, 0.3) is 5.69 Å². The van der Waals surface area contributed by atoms with Crippen molar-refractivity contribution in [3.63, 3.8) is 0 Å². The predicted molar refractivity (Wildman–Crippen MR) is 61.5 cm³/mol. The number of nitrogens with zero attached hydrogens (tertiary/aromatic N) is 1. The van der Waals surface area contributed by atoms with Crippen molar-refractivity contribution in [3.8, 4) is 0 Å². The number of rotatable bonds is 5. The van der Waals surface area contributed by atoms with E-state index < -0.39 is 4.92 Å². The second-order valence-corrected chi connectivity index (χ2v) is 3.90. The van der Waals surface area contributed by atoms with Crippen molar-refractivity contribution in [1.82, 2.24) is 5.32 Å². The summed E-state index contributed by atoms with van der Waals surface area (Å²) >= 11 is 5.89. The summed E-state index contributed by atoms with van der Waals surface area (Å²) in [5.74, 6) is 0. The van der Waals surface area contributed by atoms with E-state index in [0.29, 0.717) is 11.6 Å². The van der Waals surface area contributed by atoms with Crippen LogP contribution >= 0.6 is 11.6 Å². The first kappa shape index (κ1) is 12.9. The Bertz CT molecular complexity index is 384. The molecule has 0 bridgehead atoms. The number of non-ortho nitro benzene ring substituents is 1. The summed E-state index contributed by atoms with van der Waals surface area (Å²) in [7, 11) is 0. The van der Waals surface area contributed by atoms with Crippen LogP contribution in [0.25, 0.3) is 0 Å². The molecule has 1 atom stereocenters. The maximum absolute atomic E-state index is 10.5. The van der Waals surface area contributed by atoms with Crippen LogP contribution in [0.4, 0.5) is 5.69 Å². The van der Waals surface area contributed by atoms with E-state index in [4.69, 9.17) is 16.7 Å². The van der Waals surface area contributed by atoms with Crippen LogP contribution in [0.5, 0.6) is 0 Å². The fraction of sp³-hybridized carbons (Fsp3) is 0.400. The summed E-state index contributed by atoms with van der Waals surface area (Å²) in [6.45, 7) is 2.34. The van der Waals surface area contributed by atoms with E-state index in [1.807, 2.05) is 6.92 Å². The van der Waals surface area contributed by atoms with Gasteiger partial charge in [0.05, 0.1) is 16.6 Å². The van der Waals surface area contributed by atoms with Gasteiger partial charge in [-0.3, -0.25) is 10.1 Å². The molecule has 5 nitrogen and oxygen atoms in total. The Hall–Kier alpha value is -1.17. The molecule has 0 amide bonds. The number of aliphatic hydroxyl groups is 1. The Kier molecular flexibility index (Phi) is 4.67. The number of hydrogen-bond donors (Lipinski definition) is 2. The molecule has 0 saturated heterocycles. The lowest BCUT2D eigenvalue weighted by Crippen LogP contribution is -2.28. The fourth-order valence-corrected chi connectivity index (χ4v) is 1.38. The number of nitrogens with one attached hydrogen (secondary N) is 1. The van der Waals surface area contributed by atoms with E-state index in [0.717, 1.165) is 5.56 Å². The van der Waals surface area contributed by atoms with Gasteiger partial charge in [-0.15, -0.1) is 0 Å². The fourth-order valence-electron chi connectivity index (χ4n) is 1.14. The molecule has 16 heavy (non-hydrogen) atoms. The normalized spacial score (nSPS) is 12.4. The van der Waals surface area contributed by atoms with Gasteiger partial charge in [0.1, 0.15) is 0 Å². The van der Waals surface area contributed by atoms with Gasteiger partial charge in [-0.1, -0.05) is 11.6 Å². The third-order valence-electron chi connectivity index (χ3n) is 2.16. The number of nitro benzene ring substituents is 1. The van der Waals surface area contributed by atoms with Gasteiger partial charge in [0, 0.05) is 24.7 Å². The highest BCUT2D eigenvalue weighted by Gasteiger charge is 2.09. The third-order valence-corrected chi connectivity index (χ3v) is 2.51. The molecule has 0 aliphatic rings. The van der Waals surface area contributed by atoms with Gasteiger partial charge in [0.2, 0.25) is 0 Å². The lowest BCUT2D eigenvalue weighted by atomic mass is 10.2. The van der Waals surface area contributed by atoms with Crippen LogP contribution in [0.2, 0.25) is 5.02 Å². The first-order chi connectivity index (χ1) is 7.54. The van der Waals surface area contributed by atoms with Gasteiger partial charge in [0.15, 0.2) is 0 Å². The molecule has 6 heteroatoms. The smallest absolute Gasteiger partial charge is 0.270 e. The quantitative estimate of drug-likeness (QED) is 0.611. The number of benzene rings is 1. The van der Waals surface area contributed by atoms with Crippen LogP contribution in [0.3, 0.4) is 0 Å². The first-order valence-electron chi connectivity index (χ1n) is 4.81. The number of hydrogen-bond acceptors (Lipinski definition) is 4. The van der Waals surface area contributed by atoms with Crippen LogP contribution in [0.1, 0.15) is 12.5 Å². The standard InChI is InChI=1S/C10H13ClN2O3/c1-7(6-14)12-5-8-2-3-9(13(15)16)4-10(8)11/h2-4,7,12,14H,5-6H2,1H3/t7-/m1/s1. The van der Waals surface area contributed by atoms with Crippen molar-refractivity contribution in [3.05, 3.63) is 38.9 Å². The molecule has 0 heterocycles. The summed E-state index contributed by atoms with van der Waals surface area (Å²) in [5, 5.41) is 22.7. The minimum absolute atomic E-state index is 0.0241. The van der Waals surface area contributed by atoms with Crippen molar-refractivity contribution in [2.45, 2.75) is 19.5 Å². The zero-order valence-electron chi connectivity index (χ0n) is 8.81. The summed E-state index contributed by atoms with van der Waals surface area (Å²) in [6, 6.07) is 4.30. The maximum Gasteiger partial charge on any atom is 0.270 e. The van der Waals surface area contributed by atoms with E-state index in [9.17, 15) is 10.1 Å². The van der Waals surface area contributed by atoms with E-state index in [1.165, 1.54) is 12.1 Å². The number of halogens is 1. The molecular weight excluding hydrogens is 232 g/mol. The van der Waals surface area contributed by atoms with Gasteiger partial charge in [-0.2, -0.15) is 0 Å². The number of aliphatic hydroxyl groups excluding tert-OH is 1. The van der Waals surface area contributed by atoms with Crippen molar-refractivity contribution >= 4 is 17.3 Å². The molecule has 1 aromatic carbocycles. The maximum atomic E-state index is 10.5. The van der Waals surface area contributed by atoms with Crippen LogP contribution in [-0.2, 0) is 6.54 Å². The molecule has 0 aromatic heterocycles. The number of nitro groups is 1. The van der Waals surface area contributed by atoms with Crippen molar-refractivity contribution < 1.29 is 10.0 Å². The Morgan fingerprint density at radius 3 is 2.81 bits per heavy atom. The van der Waals surface area contributed by atoms with E-state index >= 15 is 0 Å². The Morgan fingerprint density at radius 2 is 2.31 bits per heavy atom. The summed E-state index contributed by atoms with van der Waals surface area (Å²) in [4.78, 5) is 9.99. The average Bonchev–Trinajstić information content (AvgIpc) is 2.26. The second-order valence-electron chi connectivity index (χ2n) is 3.50. The zero-order valence-corrected chi connectivity index (χ0v) is 9.57. The molecule has 1 rings (SSSR count). The SMILES string of the molecule is C[C@H](CO)NCc1ccc([N+](=O)[O-])cc1Cl. The van der Waals surface area contributed by atoms with E-state index in [-0.39, 0.29) is 18.3 Å². The Balaban J connectivity index is 2.72. The lowest BCUT2D eigenvalue weighted by molar-refractivity contribution is -0.384. The lowest BCUT2D eigenvalue weighted by Gasteiger charge is -2.11. The second kappa shape index (κ2) is 5.79. The van der Waals surface area contributed by atoms with Gasteiger partial charge in [-0.25, -0.2) is 0 Å². The molecule has 0 unspecified atom stereocenters. The molecule has 0 aliphatic carbocycles. The zero-order chi connectivity index (χ0) is 12.1. The minimum atomic E-state index is -0.487. The molecule has 0 aliphatic heterocycles. The van der Waals surface area contributed by atoms with E-state index in [2.05, 4.69) is 5.32 Å².